The first-order valence-electron chi connectivity index (χ1n) is 5.04. The molecule has 0 saturated carbocycles. The molecular weight excluding hydrogens is 298 g/mol. The van der Waals surface area contributed by atoms with Gasteiger partial charge in [-0.1, -0.05) is 0 Å². The first-order valence-corrected chi connectivity index (χ1v) is 6.65. The molecule has 0 atom stereocenters. The summed E-state index contributed by atoms with van der Waals surface area (Å²) >= 11 is 5.09. The Kier molecular flexibility index (Phi) is 3.77. The molecule has 0 saturated heterocycles. The van der Waals surface area contributed by atoms with Crippen molar-refractivity contribution in [1.82, 2.24) is 4.98 Å². The Morgan fingerprint density at radius 3 is 2.94 bits per heavy atom. The molecule has 86 valence electrons. The summed E-state index contributed by atoms with van der Waals surface area (Å²) in [6.45, 7) is 2.59. The number of nitrogens with one attached hydrogen (secondary N) is 1. The summed E-state index contributed by atoms with van der Waals surface area (Å²) in [5.74, 6) is 0.650. The van der Waals surface area contributed by atoms with Gasteiger partial charge in [-0.15, -0.1) is 11.3 Å². The molecule has 0 spiro atoms. The third-order valence-electron chi connectivity index (χ3n) is 2.33. The topological polar surface area (TPSA) is 48.7 Å². The SMILES string of the molecule is Cc1ccnc(NCc2ccc(Br)s2)c1C#N. The second kappa shape index (κ2) is 5.30. The van der Waals surface area contributed by atoms with Gasteiger partial charge in [-0.2, -0.15) is 5.26 Å². The maximum atomic E-state index is 9.07. The molecule has 0 aliphatic rings. The first-order chi connectivity index (χ1) is 8.20. The summed E-state index contributed by atoms with van der Waals surface area (Å²) in [4.78, 5) is 5.39. The Balaban J connectivity index is 2.14. The van der Waals surface area contributed by atoms with E-state index in [-0.39, 0.29) is 0 Å². The molecule has 2 aromatic heterocycles. The summed E-state index contributed by atoms with van der Waals surface area (Å²) in [6.07, 6.45) is 1.71. The molecule has 2 rings (SSSR count). The number of aromatic nitrogens is 1. The fraction of sp³-hybridized carbons (Fsp3) is 0.167. The van der Waals surface area contributed by atoms with Crippen LogP contribution in [-0.2, 0) is 6.54 Å². The zero-order chi connectivity index (χ0) is 12.3. The van der Waals surface area contributed by atoms with E-state index in [0.29, 0.717) is 17.9 Å². The number of hydrogen-bond acceptors (Lipinski definition) is 4. The van der Waals surface area contributed by atoms with Gasteiger partial charge in [-0.3, -0.25) is 0 Å². The van der Waals surface area contributed by atoms with Gasteiger partial charge in [0.1, 0.15) is 11.9 Å². The van der Waals surface area contributed by atoms with Crippen LogP contribution in [0, 0.1) is 18.3 Å². The Bertz CT molecular complexity index is 571. The largest absolute Gasteiger partial charge is 0.364 e. The molecule has 2 aromatic rings. The van der Waals surface area contributed by atoms with Crippen molar-refractivity contribution in [3.63, 3.8) is 0 Å². The fourth-order valence-electron chi connectivity index (χ4n) is 1.45. The molecule has 1 N–H and O–H groups in total. The molecule has 0 aliphatic carbocycles. The molecule has 0 unspecified atom stereocenters. The summed E-state index contributed by atoms with van der Waals surface area (Å²) in [6, 6.07) is 8.07. The molecule has 0 aliphatic heterocycles. The lowest BCUT2D eigenvalue weighted by atomic mass is 10.1. The second-order valence-corrected chi connectivity index (χ2v) is 6.07. The van der Waals surface area contributed by atoms with Crippen LogP contribution in [0.4, 0.5) is 5.82 Å². The van der Waals surface area contributed by atoms with Crippen molar-refractivity contribution in [2.24, 2.45) is 0 Å². The van der Waals surface area contributed by atoms with Gasteiger partial charge in [0, 0.05) is 11.1 Å². The molecule has 0 radical (unpaired) electrons. The number of aryl methyl sites for hydroxylation is 1. The minimum atomic E-state index is 0.614. The van der Waals surface area contributed by atoms with E-state index >= 15 is 0 Å². The lowest BCUT2D eigenvalue weighted by Crippen LogP contribution is -2.03. The van der Waals surface area contributed by atoms with Crippen LogP contribution in [0.15, 0.2) is 28.2 Å². The third kappa shape index (κ3) is 2.84. The lowest BCUT2D eigenvalue weighted by molar-refractivity contribution is 1.12. The predicted octanol–water partition coefficient (Wildman–Crippen LogP) is 3.70. The minimum Gasteiger partial charge on any atom is -0.364 e. The maximum Gasteiger partial charge on any atom is 0.144 e. The summed E-state index contributed by atoms with van der Waals surface area (Å²) in [7, 11) is 0. The second-order valence-electron chi connectivity index (χ2n) is 3.52. The molecule has 3 nitrogen and oxygen atoms in total. The number of rotatable bonds is 3. The van der Waals surface area contributed by atoms with E-state index in [9.17, 15) is 0 Å². The molecule has 2 heterocycles. The van der Waals surface area contributed by atoms with Crippen LogP contribution in [0.2, 0.25) is 0 Å². The van der Waals surface area contributed by atoms with E-state index in [1.807, 2.05) is 25.1 Å². The van der Waals surface area contributed by atoms with E-state index < -0.39 is 0 Å². The standard InChI is InChI=1S/C12H10BrN3S/c1-8-4-5-15-12(10(8)6-14)16-7-9-2-3-11(13)17-9/h2-5H,7H2,1H3,(H,15,16). The summed E-state index contributed by atoms with van der Waals surface area (Å²) in [5, 5.41) is 12.3. The van der Waals surface area contributed by atoms with Gasteiger partial charge in [0.25, 0.3) is 0 Å². The third-order valence-corrected chi connectivity index (χ3v) is 3.95. The Morgan fingerprint density at radius 1 is 1.47 bits per heavy atom. The van der Waals surface area contributed by atoms with Gasteiger partial charge in [0.05, 0.1) is 15.9 Å². The average Bonchev–Trinajstić information content (AvgIpc) is 2.72. The summed E-state index contributed by atoms with van der Waals surface area (Å²) < 4.78 is 1.10. The van der Waals surface area contributed by atoms with Gasteiger partial charge >= 0.3 is 0 Å². The van der Waals surface area contributed by atoms with E-state index in [1.165, 1.54) is 4.88 Å². The maximum absolute atomic E-state index is 9.07. The van der Waals surface area contributed by atoms with Crippen molar-refractivity contribution < 1.29 is 0 Å². The highest BCUT2D eigenvalue weighted by atomic mass is 79.9. The number of pyridine rings is 1. The smallest absolute Gasteiger partial charge is 0.144 e. The number of anilines is 1. The molecule has 0 amide bonds. The predicted molar refractivity (Wildman–Crippen MR) is 73.0 cm³/mol. The number of nitrogens with zero attached hydrogens (tertiary/aromatic N) is 2. The van der Waals surface area contributed by atoms with Crippen LogP contribution >= 0.6 is 27.3 Å². The van der Waals surface area contributed by atoms with Crippen molar-refractivity contribution in [1.29, 1.82) is 5.26 Å². The highest BCUT2D eigenvalue weighted by Gasteiger charge is 2.06. The van der Waals surface area contributed by atoms with Gasteiger partial charge in [-0.05, 0) is 46.6 Å². The Hall–Kier alpha value is -1.38. The molecule has 17 heavy (non-hydrogen) atoms. The van der Waals surface area contributed by atoms with E-state index in [1.54, 1.807) is 17.5 Å². The zero-order valence-electron chi connectivity index (χ0n) is 9.20. The van der Waals surface area contributed by atoms with Crippen LogP contribution in [0.1, 0.15) is 16.0 Å². The highest BCUT2D eigenvalue weighted by molar-refractivity contribution is 9.11. The normalized spacial score (nSPS) is 9.94. The van der Waals surface area contributed by atoms with E-state index in [2.05, 4.69) is 32.3 Å². The van der Waals surface area contributed by atoms with Crippen molar-refractivity contribution in [3.8, 4) is 6.07 Å². The number of halogens is 1. The van der Waals surface area contributed by atoms with E-state index in [4.69, 9.17) is 5.26 Å². The van der Waals surface area contributed by atoms with Crippen LogP contribution in [0.3, 0.4) is 0 Å². The van der Waals surface area contributed by atoms with Crippen LogP contribution in [-0.4, -0.2) is 4.98 Å². The Morgan fingerprint density at radius 2 is 2.29 bits per heavy atom. The average molecular weight is 308 g/mol. The van der Waals surface area contributed by atoms with Gasteiger partial charge < -0.3 is 5.32 Å². The van der Waals surface area contributed by atoms with Gasteiger partial charge in [0.2, 0.25) is 0 Å². The van der Waals surface area contributed by atoms with Crippen molar-refractivity contribution in [3.05, 3.63) is 44.2 Å². The first kappa shape index (κ1) is 12.1. The molecule has 5 heteroatoms. The number of hydrogen-bond donors (Lipinski definition) is 1. The van der Waals surface area contributed by atoms with Crippen LogP contribution in [0.25, 0.3) is 0 Å². The molecule has 0 aromatic carbocycles. The van der Waals surface area contributed by atoms with Crippen molar-refractivity contribution >= 4 is 33.1 Å². The zero-order valence-corrected chi connectivity index (χ0v) is 11.6. The van der Waals surface area contributed by atoms with Crippen molar-refractivity contribution in [2.45, 2.75) is 13.5 Å². The monoisotopic (exact) mass is 307 g/mol. The van der Waals surface area contributed by atoms with Crippen molar-refractivity contribution in [2.75, 3.05) is 5.32 Å². The number of nitriles is 1. The van der Waals surface area contributed by atoms with Crippen LogP contribution in [0.5, 0.6) is 0 Å². The molecule has 0 bridgehead atoms. The minimum absolute atomic E-state index is 0.614. The summed E-state index contributed by atoms with van der Waals surface area (Å²) in [5.41, 5.74) is 1.56. The molecule has 0 fully saturated rings. The van der Waals surface area contributed by atoms with E-state index in [0.717, 1.165) is 9.35 Å². The van der Waals surface area contributed by atoms with Gasteiger partial charge in [-0.25, -0.2) is 4.98 Å². The highest BCUT2D eigenvalue weighted by Crippen LogP contribution is 2.23. The fourth-order valence-corrected chi connectivity index (χ4v) is 2.87. The Labute approximate surface area is 112 Å². The lowest BCUT2D eigenvalue weighted by Gasteiger charge is -2.07. The van der Waals surface area contributed by atoms with Crippen LogP contribution < -0.4 is 5.32 Å². The van der Waals surface area contributed by atoms with Gasteiger partial charge in [0.15, 0.2) is 0 Å². The number of thiophene rings is 1. The quantitative estimate of drug-likeness (QED) is 0.940. The molecular formula is C12H10BrN3S.